The molecule has 0 aliphatic rings. The lowest BCUT2D eigenvalue weighted by atomic mass is 10.2. The molecule has 0 aliphatic heterocycles. The number of rotatable bonds is 7. The molecule has 2 N–H and O–H groups in total. The lowest BCUT2D eigenvalue weighted by Crippen LogP contribution is -2.31. The van der Waals surface area contributed by atoms with E-state index in [1.165, 1.54) is 7.11 Å². The van der Waals surface area contributed by atoms with E-state index in [0.717, 1.165) is 18.2 Å². The van der Waals surface area contributed by atoms with Gasteiger partial charge in [0.25, 0.3) is 5.91 Å². The molecule has 104 valence electrons. The van der Waals surface area contributed by atoms with Gasteiger partial charge in [0.05, 0.1) is 12.2 Å². The highest BCUT2D eigenvalue weighted by Crippen LogP contribution is 2.16. The molecule has 0 aromatic heterocycles. The molecule has 0 radical (unpaired) electrons. The van der Waals surface area contributed by atoms with Gasteiger partial charge in [0.1, 0.15) is 11.6 Å². The van der Waals surface area contributed by atoms with Crippen LogP contribution in [0.25, 0.3) is 0 Å². The van der Waals surface area contributed by atoms with Crippen molar-refractivity contribution in [1.82, 2.24) is 5.32 Å². The summed E-state index contributed by atoms with van der Waals surface area (Å²) in [5.74, 6) is -2.43. The van der Waals surface area contributed by atoms with E-state index in [4.69, 9.17) is 14.6 Å². The Morgan fingerprint density at radius 2 is 2.11 bits per heavy atom. The molecule has 1 aromatic rings. The van der Waals surface area contributed by atoms with E-state index >= 15 is 0 Å². The van der Waals surface area contributed by atoms with Gasteiger partial charge in [-0.1, -0.05) is 0 Å². The number of ether oxygens (including phenoxy) is 2. The van der Waals surface area contributed by atoms with Crippen LogP contribution in [0.1, 0.15) is 10.4 Å². The molecule has 1 rings (SSSR count). The van der Waals surface area contributed by atoms with Crippen molar-refractivity contribution >= 4 is 11.9 Å². The van der Waals surface area contributed by atoms with Crippen LogP contribution in [-0.2, 0) is 9.53 Å². The monoisotopic (exact) mass is 271 g/mol. The zero-order valence-corrected chi connectivity index (χ0v) is 10.3. The van der Waals surface area contributed by atoms with Crippen molar-refractivity contribution < 1.29 is 28.6 Å². The number of carboxylic acid groups (broad SMARTS) is 1. The highest BCUT2D eigenvalue weighted by atomic mass is 19.1. The number of hydrogen-bond donors (Lipinski definition) is 2. The second kappa shape index (κ2) is 7.32. The number of carbonyl (C=O) groups excluding carboxylic acids is 1. The first-order valence-electron chi connectivity index (χ1n) is 5.45. The molecular weight excluding hydrogens is 257 g/mol. The van der Waals surface area contributed by atoms with Crippen LogP contribution in [0.2, 0.25) is 0 Å². The molecule has 6 nitrogen and oxygen atoms in total. The predicted octanol–water partition coefficient (Wildman–Crippen LogP) is 0.665. The molecule has 7 heteroatoms. The summed E-state index contributed by atoms with van der Waals surface area (Å²) in [6, 6.07) is 3.02. The van der Waals surface area contributed by atoms with Crippen LogP contribution in [0, 0.1) is 5.82 Å². The fourth-order valence-electron chi connectivity index (χ4n) is 1.26. The molecule has 0 unspecified atom stereocenters. The van der Waals surface area contributed by atoms with Crippen molar-refractivity contribution in [3.05, 3.63) is 29.6 Å². The van der Waals surface area contributed by atoms with Crippen molar-refractivity contribution in [2.45, 2.75) is 0 Å². The zero-order valence-electron chi connectivity index (χ0n) is 10.3. The lowest BCUT2D eigenvalue weighted by molar-refractivity contribution is -0.123. The summed E-state index contributed by atoms with van der Waals surface area (Å²) in [6.07, 6.45) is 0. The van der Waals surface area contributed by atoms with E-state index in [1.807, 2.05) is 0 Å². The standard InChI is InChI=1S/C12H14FNO5/c1-18-3-2-14-11(15)7-19-10-5-8(12(16)17)4-9(13)6-10/h4-6H,2-3,7H2,1H3,(H,14,15)(H,16,17). The second-order valence-electron chi connectivity index (χ2n) is 3.61. The molecule has 0 saturated carbocycles. The molecule has 0 atom stereocenters. The van der Waals surface area contributed by atoms with Crippen molar-refractivity contribution in [1.29, 1.82) is 0 Å². The van der Waals surface area contributed by atoms with Crippen LogP contribution < -0.4 is 10.1 Å². The minimum Gasteiger partial charge on any atom is -0.484 e. The first-order valence-corrected chi connectivity index (χ1v) is 5.45. The first-order chi connectivity index (χ1) is 9.02. The van der Waals surface area contributed by atoms with E-state index in [9.17, 15) is 14.0 Å². The van der Waals surface area contributed by atoms with E-state index in [0.29, 0.717) is 13.2 Å². The Bertz CT molecular complexity index is 463. The third kappa shape index (κ3) is 5.35. The number of benzene rings is 1. The van der Waals surface area contributed by atoms with Gasteiger partial charge >= 0.3 is 5.97 Å². The summed E-state index contributed by atoms with van der Waals surface area (Å²) in [5, 5.41) is 11.2. The maximum Gasteiger partial charge on any atom is 0.335 e. The van der Waals surface area contributed by atoms with Gasteiger partial charge in [0.15, 0.2) is 6.61 Å². The highest BCUT2D eigenvalue weighted by molar-refractivity contribution is 5.88. The number of halogens is 1. The summed E-state index contributed by atoms with van der Waals surface area (Å²) in [5.41, 5.74) is -0.241. The summed E-state index contributed by atoms with van der Waals surface area (Å²) >= 11 is 0. The van der Waals surface area contributed by atoms with Gasteiger partial charge in [-0.2, -0.15) is 0 Å². The van der Waals surface area contributed by atoms with E-state index in [2.05, 4.69) is 5.32 Å². The Morgan fingerprint density at radius 3 is 2.74 bits per heavy atom. The fraction of sp³-hybridized carbons (Fsp3) is 0.333. The Balaban J connectivity index is 2.53. The van der Waals surface area contributed by atoms with E-state index in [-0.39, 0.29) is 17.9 Å². The predicted molar refractivity (Wildman–Crippen MR) is 63.7 cm³/mol. The molecule has 0 heterocycles. The van der Waals surface area contributed by atoms with Crippen LogP contribution in [0.4, 0.5) is 4.39 Å². The number of carbonyl (C=O) groups is 2. The number of amides is 1. The van der Waals surface area contributed by atoms with Crippen LogP contribution in [0.5, 0.6) is 5.75 Å². The largest absolute Gasteiger partial charge is 0.484 e. The zero-order chi connectivity index (χ0) is 14.3. The summed E-state index contributed by atoms with van der Waals surface area (Å²) in [7, 11) is 1.50. The van der Waals surface area contributed by atoms with Crippen LogP contribution in [-0.4, -0.2) is 43.9 Å². The minimum absolute atomic E-state index is 0.0145. The van der Waals surface area contributed by atoms with Gasteiger partial charge in [0, 0.05) is 19.7 Å². The SMILES string of the molecule is COCCNC(=O)COc1cc(F)cc(C(=O)O)c1. The Hall–Kier alpha value is -2.15. The van der Waals surface area contributed by atoms with Crippen molar-refractivity contribution in [3.63, 3.8) is 0 Å². The molecule has 0 aliphatic carbocycles. The summed E-state index contributed by atoms with van der Waals surface area (Å²) < 4.78 is 22.9. The van der Waals surface area contributed by atoms with Gasteiger partial charge < -0.3 is 19.9 Å². The van der Waals surface area contributed by atoms with Crippen molar-refractivity contribution in [2.75, 3.05) is 26.9 Å². The smallest absolute Gasteiger partial charge is 0.335 e. The first kappa shape index (κ1) is 14.9. The number of methoxy groups -OCH3 is 1. The maximum atomic E-state index is 13.1. The van der Waals surface area contributed by atoms with Crippen molar-refractivity contribution in [3.8, 4) is 5.75 Å². The van der Waals surface area contributed by atoms with Gasteiger partial charge in [-0.25, -0.2) is 9.18 Å². The van der Waals surface area contributed by atoms with Crippen molar-refractivity contribution in [2.24, 2.45) is 0 Å². The Labute approximate surface area is 109 Å². The number of nitrogens with one attached hydrogen (secondary N) is 1. The molecule has 0 saturated heterocycles. The Morgan fingerprint density at radius 1 is 1.37 bits per heavy atom. The normalized spacial score (nSPS) is 10.0. The van der Waals surface area contributed by atoms with Gasteiger partial charge in [-0.3, -0.25) is 4.79 Å². The molecule has 19 heavy (non-hydrogen) atoms. The number of aromatic carboxylic acids is 1. The lowest BCUT2D eigenvalue weighted by Gasteiger charge is -2.08. The third-order valence-corrected chi connectivity index (χ3v) is 2.12. The van der Waals surface area contributed by atoms with Gasteiger partial charge in [-0.15, -0.1) is 0 Å². The molecule has 1 amide bonds. The topological polar surface area (TPSA) is 84.9 Å². The van der Waals surface area contributed by atoms with E-state index in [1.54, 1.807) is 0 Å². The summed E-state index contributed by atoms with van der Waals surface area (Å²) in [6.45, 7) is 0.378. The minimum atomic E-state index is -1.27. The highest BCUT2D eigenvalue weighted by Gasteiger charge is 2.09. The fourth-order valence-corrected chi connectivity index (χ4v) is 1.26. The number of hydrogen-bond acceptors (Lipinski definition) is 4. The average molecular weight is 271 g/mol. The molecule has 1 aromatic carbocycles. The van der Waals surface area contributed by atoms with E-state index < -0.39 is 17.7 Å². The van der Waals surface area contributed by atoms with Crippen LogP contribution in [0.3, 0.4) is 0 Å². The van der Waals surface area contributed by atoms with Gasteiger partial charge in [-0.05, 0) is 12.1 Å². The average Bonchev–Trinajstić information content (AvgIpc) is 2.36. The molecule has 0 fully saturated rings. The van der Waals surface area contributed by atoms with Crippen LogP contribution in [0.15, 0.2) is 18.2 Å². The quantitative estimate of drug-likeness (QED) is 0.712. The molecular formula is C12H14FNO5. The molecule has 0 spiro atoms. The third-order valence-electron chi connectivity index (χ3n) is 2.12. The molecule has 0 bridgehead atoms. The summed E-state index contributed by atoms with van der Waals surface area (Å²) in [4.78, 5) is 22.0. The number of carboxylic acids is 1. The maximum absolute atomic E-state index is 13.1. The van der Waals surface area contributed by atoms with Gasteiger partial charge in [0.2, 0.25) is 0 Å². The Kier molecular flexibility index (Phi) is 5.74. The van der Waals surface area contributed by atoms with Crippen LogP contribution >= 0.6 is 0 Å². The second-order valence-corrected chi connectivity index (χ2v) is 3.61.